The van der Waals surface area contributed by atoms with Crippen LogP contribution in [0.2, 0.25) is 0 Å². The van der Waals surface area contributed by atoms with Gasteiger partial charge in [-0.25, -0.2) is 0 Å². The highest BCUT2D eigenvalue weighted by Crippen LogP contribution is 2.35. The first-order valence-electron chi connectivity index (χ1n) is 6.66. The lowest BCUT2D eigenvalue weighted by molar-refractivity contribution is 0.371. The Balaban J connectivity index is 2.31. The molecule has 0 aliphatic carbocycles. The number of nitrogens with one attached hydrogen (secondary N) is 1. The van der Waals surface area contributed by atoms with Gasteiger partial charge in [-0.1, -0.05) is 25.5 Å². The molecule has 2 nitrogen and oxygen atoms in total. The third-order valence-corrected chi connectivity index (χ3v) is 4.08. The molecule has 94 valence electrons. The quantitative estimate of drug-likeness (QED) is 0.866. The van der Waals surface area contributed by atoms with Gasteiger partial charge in [0.05, 0.1) is 7.11 Å². The molecule has 1 aromatic carbocycles. The molecule has 1 aromatic rings. The van der Waals surface area contributed by atoms with Gasteiger partial charge in [-0.2, -0.15) is 0 Å². The highest BCUT2D eigenvalue weighted by atomic mass is 16.5. The summed E-state index contributed by atoms with van der Waals surface area (Å²) in [6, 6.07) is 8.59. The van der Waals surface area contributed by atoms with Gasteiger partial charge < -0.3 is 10.1 Å². The average molecular weight is 233 g/mol. The topological polar surface area (TPSA) is 21.3 Å². The van der Waals surface area contributed by atoms with Gasteiger partial charge in [0.2, 0.25) is 0 Å². The Morgan fingerprint density at radius 3 is 3.00 bits per heavy atom. The maximum Gasteiger partial charge on any atom is 0.119 e. The number of hydrogen-bond donors (Lipinski definition) is 1. The van der Waals surface area contributed by atoms with Crippen molar-refractivity contribution in [2.24, 2.45) is 0 Å². The van der Waals surface area contributed by atoms with Gasteiger partial charge in [-0.15, -0.1) is 0 Å². The fourth-order valence-corrected chi connectivity index (χ4v) is 2.83. The number of rotatable bonds is 3. The van der Waals surface area contributed by atoms with E-state index in [-0.39, 0.29) is 0 Å². The van der Waals surface area contributed by atoms with Gasteiger partial charge in [0.25, 0.3) is 0 Å². The first-order valence-corrected chi connectivity index (χ1v) is 6.66. The minimum absolute atomic E-state index is 0.297. The molecule has 0 bridgehead atoms. The van der Waals surface area contributed by atoms with Crippen molar-refractivity contribution < 1.29 is 4.74 Å². The summed E-state index contributed by atoms with van der Waals surface area (Å²) in [5, 5.41) is 3.58. The molecule has 0 unspecified atom stereocenters. The van der Waals surface area contributed by atoms with E-state index in [0.717, 1.165) is 18.8 Å². The van der Waals surface area contributed by atoms with Crippen molar-refractivity contribution in [1.82, 2.24) is 5.32 Å². The van der Waals surface area contributed by atoms with Crippen LogP contribution in [0.3, 0.4) is 0 Å². The molecular formula is C15H23NO. The van der Waals surface area contributed by atoms with Crippen molar-refractivity contribution in [3.05, 3.63) is 29.8 Å². The monoisotopic (exact) mass is 233 g/mol. The highest BCUT2D eigenvalue weighted by molar-refractivity contribution is 5.34. The average Bonchev–Trinajstić information content (AvgIpc) is 2.65. The summed E-state index contributed by atoms with van der Waals surface area (Å²) in [5.74, 6) is 0.972. The van der Waals surface area contributed by atoms with E-state index >= 15 is 0 Å². The molecule has 1 atom stereocenters. The Hall–Kier alpha value is -1.02. The van der Waals surface area contributed by atoms with E-state index in [0.29, 0.717) is 5.41 Å². The van der Waals surface area contributed by atoms with Crippen molar-refractivity contribution in [1.29, 1.82) is 0 Å². The van der Waals surface area contributed by atoms with E-state index in [1.807, 2.05) is 6.07 Å². The van der Waals surface area contributed by atoms with Crippen LogP contribution in [0, 0.1) is 0 Å². The predicted molar refractivity (Wildman–Crippen MR) is 71.7 cm³/mol. The summed E-state index contributed by atoms with van der Waals surface area (Å²) >= 11 is 0. The van der Waals surface area contributed by atoms with Crippen molar-refractivity contribution in [2.75, 3.05) is 20.2 Å². The second-order valence-electron chi connectivity index (χ2n) is 5.00. The molecule has 0 amide bonds. The molecule has 0 radical (unpaired) electrons. The summed E-state index contributed by atoms with van der Waals surface area (Å²) < 4.78 is 5.35. The molecule has 1 aliphatic heterocycles. The van der Waals surface area contributed by atoms with Gasteiger partial charge in [0.1, 0.15) is 5.75 Å². The molecule has 1 saturated heterocycles. The van der Waals surface area contributed by atoms with Crippen LogP contribution in [-0.4, -0.2) is 20.2 Å². The van der Waals surface area contributed by atoms with Crippen LogP contribution in [0.15, 0.2) is 24.3 Å². The highest BCUT2D eigenvalue weighted by Gasteiger charge is 2.31. The van der Waals surface area contributed by atoms with Crippen molar-refractivity contribution in [3.63, 3.8) is 0 Å². The number of methoxy groups -OCH3 is 1. The summed E-state index contributed by atoms with van der Waals surface area (Å²) in [6.45, 7) is 4.55. The van der Waals surface area contributed by atoms with Crippen LogP contribution in [0.25, 0.3) is 0 Å². The smallest absolute Gasteiger partial charge is 0.119 e. The Labute approximate surface area is 104 Å². The lowest BCUT2D eigenvalue weighted by atomic mass is 9.74. The van der Waals surface area contributed by atoms with Crippen molar-refractivity contribution >= 4 is 0 Å². The number of benzene rings is 1. The van der Waals surface area contributed by atoms with Gasteiger partial charge in [0, 0.05) is 12.0 Å². The molecule has 1 N–H and O–H groups in total. The SMILES string of the molecule is CC[C@]1(c2cccc(OC)c2)CCCCNC1. The Bertz CT molecular complexity index is 354. The molecule has 17 heavy (non-hydrogen) atoms. The lowest BCUT2D eigenvalue weighted by Crippen LogP contribution is -2.36. The normalized spacial score (nSPS) is 25.3. The zero-order chi connectivity index (χ0) is 12.1. The Kier molecular flexibility index (Phi) is 4.06. The minimum Gasteiger partial charge on any atom is -0.497 e. The fraction of sp³-hybridized carbons (Fsp3) is 0.600. The van der Waals surface area contributed by atoms with Crippen molar-refractivity contribution in [3.8, 4) is 5.75 Å². The first kappa shape index (κ1) is 12.4. The maximum atomic E-state index is 5.35. The first-order chi connectivity index (χ1) is 8.30. The molecule has 1 fully saturated rings. The standard InChI is InChI=1S/C15H23NO/c1-3-15(9-4-5-10-16-12-15)13-7-6-8-14(11-13)17-2/h6-8,11,16H,3-5,9-10,12H2,1-2H3/t15-/m0/s1. The summed E-state index contributed by atoms with van der Waals surface area (Å²) in [5.41, 5.74) is 1.72. The van der Waals surface area contributed by atoms with Crippen LogP contribution in [0.1, 0.15) is 38.2 Å². The second kappa shape index (κ2) is 5.54. The van der Waals surface area contributed by atoms with Crippen LogP contribution in [-0.2, 0) is 5.41 Å². The molecule has 1 aliphatic rings. The van der Waals surface area contributed by atoms with Crippen molar-refractivity contribution in [2.45, 2.75) is 38.0 Å². The molecule has 1 heterocycles. The Morgan fingerprint density at radius 1 is 1.35 bits per heavy atom. The zero-order valence-electron chi connectivity index (χ0n) is 11.0. The number of hydrogen-bond acceptors (Lipinski definition) is 2. The van der Waals surface area contributed by atoms with E-state index < -0.39 is 0 Å². The third kappa shape index (κ3) is 2.63. The molecule has 2 heteroatoms. The Morgan fingerprint density at radius 2 is 2.24 bits per heavy atom. The molecule has 0 spiro atoms. The lowest BCUT2D eigenvalue weighted by Gasteiger charge is -2.32. The summed E-state index contributed by atoms with van der Waals surface area (Å²) in [7, 11) is 1.74. The number of ether oxygens (including phenoxy) is 1. The molecule has 0 saturated carbocycles. The van der Waals surface area contributed by atoms with E-state index in [1.54, 1.807) is 7.11 Å². The maximum absolute atomic E-state index is 5.35. The van der Waals surface area contributed by atoms with E-state index in [9.17, 15) is 0 Å². The molecule has 2 rings (SSSR count). The van der Waals surface area contributed by atoms with Gasteiger partial charge in [-0.05, 0) is 43.5 Å². The summed E-state index contributed by atoms with van der Waals surface area (Å²) in [6.07, 6.45) is 5.08. The molecule has 0 aromatic heterocycles. The van der Waals surface area contributed by atoms with E-state index in [2.05, 4.69) is 30.4 Å². The predicted octanol–water partition coefficient (Wildman–Crippen LogP) is 3.12. The second-order valence-corrected chi connectivity index (χ2v) is 5.00. The van der Waals surface area contributed by atoms with Crippen LogP contribution >= 0.6 is 0 Å². The molecular weight excluding hydrogens is 210 g/mol. The largest absolute Gasteiger partial charge is 0.497 e. The van der Waals surface area contributed by atoms with Gasteiger partial charge in [-0.3, -0.25) is 0 Å². The minimum atomic E-state index is 0.297. The zero-order valence-corrected chi connectivity index (χ0v) is 11.0. The van der Waals surface area contributed by atoms with Gasteiger partial charge >= 0.3 is 0 Å². The van der Waals surface area contributed by atoms with Crippen LogP contribution < -0.4 is 10.1 Å². The third-order valence-electron chi connectivity index (χ3n) is 4.08. The summed E-state index contributed by atoms with van der Waals surface area (Å²) in [4.78, 5) is 0. The van der Waals surface area contributed by atoms with Crippen LogP contribution in [0.4, 0.5) is 0 Å². The fourth-order valence-electron chi connectivity index (χ4n) is 2.83. The van der Waals surface area contributed by atoms with Gasteiger partial charge in [0.15, 0.2) is 0 Å². The van der Waals surface area contributed by atoms with Crippen LogP contribution in [0.5, 0.6) is 5.75 Å². The van der Waals surface area contributed by atoms with E-state index in [1.165, 1.54) is 31.2 Å². The van der Waals surface area contributed by atoms with E-state index in [4.69, 9.17) is 4.74 Å².